The molecule has 0 aromatic rings. The van der Waals surface area contributed by atoms with Gasteiger partial charge in [0, 0.05) is 24.9 Å². The number of alkyl halides is 1. The molecule has 1 aliphatic rings. The van der Waals surface area contributed by atoms with Crippen molar-refractivity contribution < 1.29 is 9.53 Å². The van der Waals surface area contributed by atoms with Crippen LogP contribution in [0.4, 0.5) is 0 Å². The van der Waals surface area contributed by atoms with Crippen molar-refractivity contribution in [1.82, 2.24) is 5.32 Å². The quantitative estimate of drug-likeness (QED) is 0.523. The smallest absolute Gasteiger partial charge is 0.220 e. The van der Waals surface area contributed by atoms with E-state index in [-0.39, 0.29) is 5.91 Å². The molecule has 1 amide bonds. The maximum absolute atomic E-state index is 11.6. The minimum Gasteiger partial charge on any atom is -0.381 e. The van der Waals surface area contributed by atoms with Crippen molar-refractivity contribution in [2.24, 2.45) is 5.92 Å². The molecular formula is C14H26BrNO2. The monoisotopic (exact) mass is 319 g/mol. The van der Waals surface area contributed by atoms with E-state index in [0.717, 1.165) is 43.8 Å². The standard InChI is InChI=1S/C14H26BrNO2/c15-9-12-18-11-4-10-16-14(17)8-7-13-5-2-1-3-6-13/h13H,1-12H2,(H,16,17). The Kier molecular flexibility index (Phi) is 9.58. The van der Waals surface area contributed by atoms with Crippen molar-refractivity contribution in [3.63, 3.8) is 0 Å². The van der Waals surface area contributed by atoms with Gasteiger partial charge in [0.1, 0.15) is 0 Å². The van der Waals surface area contributed by atoms with E-state index in [1.807, 2.05) is 0 Å². The molecule has 4 heteroatoms. The number of rotatable bonds is 9. The Morgan fingerprint density at radius 2 is 2.00 bits per heavy atom. The van der Waals surface area contributed by atoms with Gasteiger partial charge in [0.05, 0.1) is 6.61 Å². The molecule has 18 heavy (non-hydrogen) atoms. The van der Waals surface area contributed by atoms with Gasteiger partial charge >= 0.3 is 0 Å². The highest BCUT2D eigenvalue weighted by atomic mass is 79.9. The van der Waals surface area contributed by atoms with Gasteiger partial charge in [-0.25, -0.2) is 0 Å². The van der Waals surface area contributed by atoms with E-state index in [0.29, 0.717) is 6.42 Å². The summed E-state index contributed by atoms with van der Waals surface area (Å²) in [5.74, 6) is 1.01. The van der Waals surface area contributed by atoms with Gasteiger partial charge in [-0.2, -0.15) is 0 Å². The Hall–Kier alpha value is -0.0900. The summed E-state index contributed by atoms with van der Waals surface area (Å²) in [6.07, 6.45) is 9.44. The summed E-state index contributed by atoms with van der Waals surface area (Å²) >= 11 is 3.31. The van der Waals surface area contributed by atoms with Crippen molar-refractivity contribution in [3.05, 3.63) is 0 Å². The summed E-state index contributed by atoms with van der Waals surface area (Å²) in [5.41, 5.74) is 0. The van der Waals surface area contributed by atoms with E-state index in [2.05, 4.69) is 21.2 Å². The molecule has 0 aliphatic heterocycles. The lowest BCUT2D eigenvalue weighted by atomic mass is 9.86. The van der Waals surface area contributed by atoms with E-state index in [1.165, 1.54) is 32.1 Å². The number of carbonyl (C=O) groups excluding carboxylic acids is 1. The van der Waals surface area contributed by atoms with Gasteiger partial charge in [0.2, 0.25) is 5.91 Å². The molecule has 0 aromatic carbocycles. The van der Waals surface area contributed by atoms with Crippen molar-refractivity contribution in [2.75, 3.05) is 25.1 Å². The van der Waals surface area contributed by atoms with Crippen molar-refractivity contribution >= 4 is 21.8 Å². The summed E-state index contributed by atoms with van der Waals surface area (Å²) in [4.78, 5) is 11.6. The second kappa shape index (κ2) is 10.8. The van der Waals surface area contributed by atoms with E-state index in [4.69, 9.17) is 4.74 Å². The Morgan fingerprint density at radius 3 is 2.72 bits per heavy atom. The molecule has 3 nitrogen and oxygen atoms in total. The molecular weight excluding hydrogens is 294 g/mol. The first-order chi connectivity index (χ1) is 8.83. The number of nitrogens with one attached hydrogen (secondary N) is 1. The van der Waals surface area contributed by atoms with E-state index in [1.54, 1.807) is 0 Å². The van der Waals surface area contributed by atoms with Crippen LogP contribution in [0.1, 0.15) is 51.4 Å². The lowest BCUT2D eigenvalue weighted by molar-refractivity contribution is -0.121. The topological polar surface area (TPSA) is 38.3 Å². The largest absolute Gasteiger partial charge is 0.381 e. The van der Waals surface area contributed by atoms with Crippen LogP contribution in [0.25, 0.3) is 0 Å². The molecule has 0 aromatic heterocycles. The molecule has 106 valence electrons. The van der Waals surface area contributed by atoms with Gasteiger partial charge in [-0.05, 0) is 18.8 Å². The SMILES string of the molecule is O=C(CCC1CCCCC1)NCCCOCCBr. The first kappa shape index (κ1) is 16.0. The molecule has 0 atom stereocenters. The number of carbonyl (C=O) groups is 1. The van der Waals surface area contributed by atoms with E-state index >= 15 is 0 Å². The number of amides is 1. The average molecular weight is 320 g/mol. The predicted molar refractivity (Wildman–Crippen MR) is 78.0 cm³/mol. The molecule has 1 rings (SSSR count). The third-order valence-electron chi connectivity index (χ3n) is 3.51. The van der Waals surface area contributed by atoms with Gasteiger partial charge < -0.3 is 10.1 Å². The fourth-order valence-electron chi connectivity index (χ4n) is 2.46. The van der Waals surface area contributed by atoms with Gasteiger partial charge in [-0.15, -0.1) is 0 Å². The normalized spacial score (nSPS) is 16.7. The predicted octanol–water partition coefficient (Wildman–Crippen LogP) is 3.26. The molecule has 0 bridgehead atoms. The van der Waals surface area contributed by atoms with Crippen LogP contribution < -0.4 is 5.32 Å². The molecule has 1 fully saturated rings. The van der Waals surface area contributed by atoms with Gasteiger partial charge in [-0.3, -0.25) is 4.79 Å². The summed E-state index contributed by atoms with van der Waals surface area (Å²) in [5, 5.41) is 3.84. The number of hydrogen-bond acceptors (Lipinski definition) is 2. The third kappa shape index (κ3) is 8.09. The zero-order chi connectivity index (χ0) is 13.1. The van der Waals surface area contributed by atoms with E-state index < -0.39 is 0 Å². The van der Waals surface area contributed by atoms with Crippen LogP contribution in [0.2, 0.25) is 0 Å². The van der Waals surface area contributed by atoms with Gasteiger partial charge in [-0.1, -0.05) is 48.0 Å². The van der Waals surface area contributed by atoms with Crippen molar-refractivity contribution in [2.45, 2.75) is 51.4 Å². The van der Waals surface area contributed by atoms with Crippen molar-refractivity contribution in [3.8, 4) is 0 Å². The average Bonchev–Trinajstić information content (AvgIpc) is 2.41. The van der Waals surface area contributed by atoms with E-state index in [9.17, 15) is 4.79 Å². The summed E-state index contributed by atoms with van der Waals surface area (Å²) < 4.78 is 5.32. The zero-order valence-corrected chi connectivity index (χ0v) is 12.8. The van der Waals surface area contributed by atoms with Crippen LogP contribution in [0.3, 0.4) is 0 Å². The summed E-state index contributed by atoms with van der Waals surface area (Å²) in [6.45, 7) is 2.22. The third-order valence-corrected chi connectivity index (χ3v) is 3.84. The maximum Gasteiger partial charge on any atom is 0.220 e. The fourth-order valence-corrected chi connectivity index (χ4v) is 2.69. The minimum atomic E-state index is 0.209. The van der Waals surface area contributed by atoms with Crippen LogP contribution in [0.15, 0.2) is 0 Å². The van der Waals surface area contributed by atoms with Crippen molar-refractivity contribution in [1.29, 1.82) is 0 Å². The minimum absolute atomic E-state index is 0.209. The van der Waals surface area contributed by atoms with Crippen LogP contribution in [-0.4, -0.2) is 31.0 Å². The Labute approximate surface area is 119 Å². The molecule has 0 radical (unpaired) electrons. The molecule has 1 N–H and O–H groups in total. The Morgan fingerprint density at radius 1 is 1.22 bits per heavy atom. The highest BCUT2D eigenvalue weighted by Crippen LogP contribution is 2.27. The molecule has 0 unspecified atom stereocenters. The fraction of sp³-hybridized carbons (Fsp3) is 0.929. The second-order valence-corrected chi connectivity index (χ2v) is 5.84. The molecule has 0 saturated heterocycles. The Balaban J connectivity index is 1.90. The molecule has 1 aliphatic carbocycles. The summed E-state index contributed by atoms with van der Waals surface area (Å²) in [7, 11) is 0. The zero-order valence-electron chi connectivity index (χ0n) is 11.3. The number of hydrogen-bond donors (Lipinski definition) is 1. The maximum atomic E-state index is 11.6. The number of halogens is 1. The lowest BCUT2D eigenvalue weighted by Gasteiger charge is -2.20. The highest BCUT2D eigenvalue weighted by Gasteiger charge is 2.14. The second-order valence-electron chi connectivity index (χ2n) is 5.05. The van der Waals surface area contributed by atoms with Gasteiger partial charge in [0.25, 0.3) is 0 Å². The first-order valence-electron chi connectivity index (χ1n) is 7.23. The molecule has 0 spiro atoms. The number of ether oxygens (including phenoxy) is 1. The van der Waals surface area contributed by atoms with Gasteiger partial charge in [0.15, 0.2) is 0 Å². The van der Waals surface area contributed by atoms with Crippen LogP contribution >= 0.6 is 15.9 Å². The lowest BCUT2D eigenvalue weighted by Crippen LogP contribution is -2.25. The van der Waals surface area contributed by atoms with Crippen LogP contribution in [-0.2, 0) is 9.53 Å². The molecule has 0 heterocycles. The molecule has 1 saturated carbocycles. The van der Waals surface area contributed by atoms with Crippen LogP contribution in [0.5, 0.6) is 0 Å². The Bertz CT molecular complexity index is 218. The first-order valence-corrected chi connectivity index (χ1v) is 8.35. The van der Waals surface area contributed by atoms with Crippen LogP contribution in [0, 0.1) is 5.92 Å². The highest BCUT2D eigenvalue weighted by molar-refractivity contribution is 9.09. The summed E-state index contributed by atoms with van der Waals surface area (Å²) in [6, 6.07) is 0.